The summed E-state index contributed by atoms with van der Waals surface area (Å²) in [6.45, 7) is 1.70. The third kappa shape index (κ3) is 4.16. The van der Waals surface area contributed by atoms with Crippen molar-refractivity contribution in [3.8, 4) is 0 Å². The van der Waals surface area contributed by atoms with Crippen LogP contribution in [0.25, 0.3) is 0 Å². The zero-order valence-electron chi connectivity index (χ0n) is 16.9. The maximum atomic E-state index is 13.0. The molecule has 1 N–H and O–H groups in total. The number of hydrogen-bond donors (Lipinski definition) is 1. The largest absolute Gasteiger partial charge is 0.465 e. The summed E-state index contributed by atoms with van der Waals surface area (Å²) in [5.74, 6) is -0.850. The summed E-state index contributed by atoms with van der Waals surface area (Å²) in [4.78, 5) is 26.5. The number of sulfonamides is 1. The lowest BCUT2D eigenvalue weighted by molar-refractivity contribution is 0.0601. The molecular weight excluding hydrogens is 412 g/mol. The Balaban J connectivity index is 1.98. The van der Waals surface area contributed by atoms with Crippen LogP contribution in [0.4, 0.5) is 10.7 Å². The number of hydrogen-bond acceptors (Lipinski definition) is 6. The number of anilines is 2. The van der Waals surface area contributed by atoms with Crippen LogP contribution in [0, 0.1) is 6.92 Å². The van der Waals surface area contributed by atoms with Crippen molar-refractivity contribution in [3.05, 3.63) is 45.3 Å². The lowest BCUT2D eigenvalue weighted by Gasteiger charge is -2.20. The molecule has 3 rings (SSSR count). The topological polar surface area (TPSA) is 92.8 Å². The summed E-state index contributed by atoms with van der Waals surface area (Å²) in [6, 6.07) is 4.92. The number of esters is 1. The minimum atomic E-state index is -3.46. The molecule has 0 saturated heterocycles. The predicted molar refractivity (Wildman–Crippen MR) is 115 cm³/mol. The Morgan fingerprint density at radius 1 is 1.21 bits per heavy atom. The molecule has 0 saturated carbocycles. The monoisotopic (exact) mass is 436 g/mol. The molecule has 0 aliphatic heterocycles. The van der Waals surface area contributed by atoms with Crippen molar-refractivity contribution in [2.75, 3.05) is 30.0 Å². The van der Waals surface area contributed by atoms with Gasteiger partial charge in [0.2, 0.25) is 10.0 Å². The highest BCUT2D eigenvalue weighted by Gasteiger charge is 2.27. The van der Waals surface area contributed by atoms with Gasteiger partial charge in [0.1, 0.15) is 5.00 Å². The molecule has 0 unspecified atom stereocenters. The van der Waals surface area contributed by atoms with Crippen LogP contribution >= 0.6 is 11.3 Å². The summed E-state index contributed by atoms with van der Waals surface area (Å²) in [5, 5.41) is 3.34. The van der Waals surface area contributed by atoms with Crippen LogP contribution in [0.2, 0.25) is 0 Å². The molecule has 1 aliphatic rings. The fraction of sp³-hybridized carbons (Fsp3) is 0.400. The van der Waals surface area contributed by atoms with Crippen LogP contribution in [0.3, 0.4) is 0 Å². The quantitative estimate of drug-likeness (QED) is 0.726. The van der Waals surface area contributed by atoms with Crippen LogP contribution < -0.4 is 9.62 Å². The van der Waals surface area contributed by atoms with E-state index in [1.807, 2.05) is 0 Å². The Kier molecular flexibility index (Phi) is 6.00. The Morgan fingerprint density at radius 3 is 2.55 bits per heavy atom. The lowest BCUT2D eigenvalue weighted by Crippen LogP contribution is -2.26. The number of thiophene rings is 1. The highest BCUT2D eigenvalue weighted by molar-refractivity contribution is 7.92. The highest BCUT2D eigenvalue weighted by atomic mass is 32.2. The molecule has 29 heavy (non-hydrogen) atoms. The average Bonchev–Trinajstić information content (AvgIpc) is 3.04. The van der Waals surface area contributed by atoms with Gasteiger partial charge in [-0.05, 0) is 55.9 Å². The molecule has 156 valence electrons. The van der Waals surface area contributed by atoms with Crippen molar-refractivity contribution in [1.29, 1.82) is 0 Å². The minimum absolute atomic E-state index is 0.347. The van der Waals surface area contributed by atoms with Gasteiger partial charge >= 0.3 is 5.97 Å². The van der Waals surface area contributed by atoms with E-state index in [0.29, 0.717) is 27.4 Å². The Morgan fingerprint density at radius 2 is 1.90 bits per heavy atom. The van der Waals surface area contributed by atoms with E-state index in [2.05, 4.69) is 5.32 Å². The maximum absolute atomic E-state index is 13.0. The third-order valence-electron chi connectivity index (χ3n) is 5.17. The maximum Gasteiger partial charge on any atom is 0.341 e. The van der Waals surface area contributed by atoms with Gasteiger partial charge in [-0.1, -0.05) is 6.07 Å². The van der Waals surface area contributed by atoms with Gasteiger partial charge < -0.3 is 10.1 Å². The first-order chi connectivity index (χ1) is 13.6. The zero-order valence-corrected chi connectivity index (χ0v) is 18.5. The van der Waals surface area contributed by atoms with E-state index in [1.165, 1.54) is 25.5 Å². The first kappa shape index (κ1) is 21.3. The number of carbonyl (C=O) groups is 2. The second-order valence-electron chi connectivity index (χ2n) is 7.04. The number of nitrogens with zero attached hydrogens (tertiary/aromatic N) is 1. The third-order valence-corrected chi connectivity index (χ3v) is 7.57. The summed E-state index contributed by atoms with van der Waals surface area (Å²) in [5.41, 5.74) is 2.71. The Bertz CT molecular complexity index is 1070. The molecule has 0 bridgehead atoms. The SMILES string of the molecule is COC(=O)c1c(NC(=O)c2cccc(N(C)S(C)(=O)=O)c2C)sc2c1CCCC2. The normalized spacial score (nSPS) is 13.5. The van der Waals surface area contributed by atoms with E-state index >= 15 is 0 Å². The number of carbonyl (C=O) groups excluding carboxylic acids is 2. The molecule has 1 amide bonds. The van der Waals surface area contributed by atoms with Crippen LogP contribution in [-0.4, -0.2) is 40.7 Å². The number of fused-ring (bicyclic) bond motifs is 1. The van der Waals surface area contributed by atoms with E-state index in [9.17, 15) is 18.0 Å². The fourth-order valence-corrected chi connectivity index (χ4v) is 5.36. The predicted octanol–water partition coefficient (Wildman–Crippen LogP) is 3.37. The molecule has 0 radical (unpaired) electrons. The molecular formula is C20H24N2O5S2. The number of benzene rings is 1. The van der Waals surface area contributed by atoms with Crippen molar-refractivity contribution >= 4 is 43.9 Å². The number of aryl methyl sites for hydroxylation is 1. The van der Waals surface area contributed by atoms with Gasteiger partial charge in [-0.3, -0.25) is 9.10 Å². The van der Waals surface area contributed by atoms with Gasteiger partial charge in [-0.2, -0.15) is 0 Å². The second-order valence-corrected chi connectivity index (χ2v) is 10.2. The van der Waals surface area contributed by atoms with E-state index in [-0.39, 0.29) is 0 Å². The van der Waals surface area contributed by atoms with Gasteiger partial charge in [0.25, 0.3) is 5.91 Å². The van der Waals surface area contributed by atoms with Crippen LogP contribution in [0.1, 0.15) is 49.6 Å². The first-order valence-electron chi connectivity index (χ1n) is 9.22. The molecule has 0 spiro atoms. The molecule has 1 aromatic carbocycles. The van der Waals surface area contributed by atoms with Gasteiger partial charge in [0.05, 0.1) is 24.6 Å². The standard InChI is InChI=1S/C20H24N2O5S2/c1-12-13(9-7-10-15(12)22(2)29(4,25)26)18(23)21-19-17(20(24)27-3)14-8-5-6-11-16(14)28-19/h7,9-10H,5-6,8,11H2,1-4H3,(H,21,23). The number of ether oxygens (including phenoxy) is 1. The number of methoxy groups -OCH3 is 1. The summed E-state index contributed by atoms with van der Waals surface area (Å²) >= 11 is 1.41. The van der Waals surface area contributed by atoms with E-state index in [0.717, 1.165) is 46.7 Å². The molecule has 7 nitrogen and oxygen atoms in total. The highest BCUT2D eigenvalue weighted by Crippen LogP contribution is 2.39. The lowest BCUT2D eigenvalue weighted by atomic mass is 9.95. The second kappa shape index (κ2) is 8.16. The minimum Gasteiger partial charge on any atom is -0.465 e. The Labute approximate surface area is 174 Å². The summed E-state index contributed by atoms with van der Waals surface area (Å²) < 4.78 is 29.9. The van der Waals surface area contributed by atoms with Gasteiger partial charge in [-0.25, -0.2) is 13.2 Å². The molecule has 0 fully saturated rings. The number of nitrogens with one attached hydrogen (secondary N) is 1. The van der Waals surface area contributed by atoms with Crippen molar-refractivity contribution in [2.24, 2.45) is 0 Å². The Hall–Kier alpha value is -2.39. The van der Waals surface area contributed by atoms with E-state index in [4.69, 9.17) is 4.74 Å². The van der Waals surface area contributed by atoms with Crippen molar-refractivity contribution < 1.29 is 22.7 Å². The van der Waals surface area contributed by atoms with Gasteiger partial charge in [0, 0.05) is 17.5 Å². The van der Waals surface area contributed by atoms with Gasteiger partial charge in [0.15, 0.2) is 0 Å². The number of amides is 1. The first-order valence-corrected chi connectivity index (χ1v) is 11.9. The summed E-state index contributed by atoms with van der Waals surface area (Å²) in [7, 11) is -0.685. The van der Waals surface area contributed by atoms with Crippen molar-refractivity contribution in [3.63, 3.8) is 0 Å². The van der Waals surface area contributed by atoms with Crippen LogP contribution in [0.5, 0.6) is 0 Å². The average molecular weight is 437 g/mol. The molecule has 0 atom stereocenters. The van der Waals surface area contributed by atoms with E-state index < -0.39 is 21.9 Å². The van der Waals surface area contributed by atoms with Crippen LogP contribution in [-0.2, 0) is 27.6 Å². The molecule has 2 aromatic rings. The van der Waals surface area contributed by atoms with Crippen molar-refractivity contribution in [1.82, 2.24) is 0 Å². The van der Waals surface area contributed by atoms with Crippen molar-refractivity contribution in [2.45, 2.75) is 32.6 Å². The molecule has 1 aliphatic carbocycles. The zero-order chi connectivity index (χ0) is 21.3. The number of rotatable bonds is 5. The molecule has 9 heteroatoms. The fourth-order valence-electron chi connectivity index (χ4n) is 3.53. The summed E-state index contributed by atoms with van der Waals surface area (Å²) in [6.07, 6.45) is 4.84. The smallest absolute Gasteiger partial charge is 0.341 e. The molecule has 1 heterocycles. The van der Waals surface area contributed by atoms with Gasteiger partial charge in [-0.15, -0.1) is 11.3 Å². The van der Waals surface area contributed by atoms with Crippen LogP contribution in [0.15, 0.2) is 18.2 Å². The molecule has 1 aromatic heterocycles. The van der Waals surface area contributed by atoms with E-state index in [1.54, 1.807) is 25.1 Å².